The molecule has 0 saturated heterocycles. The number of methoxy groups -OCH3 is 2. The summed E-state index contributed by atoms with van der Waals surface area (Å²) >= 11 is 0. The van der Waals surface area contributed by atoms with Gasteiger partial charge in [0.05, 0.1) is 19.8 Å². The van der Waals surface area contributed by atoms with Gasteiger partial charge in [0, 0.05) is 25.2 Å². The van der Waals surface area contributed by atoms with Crippen molar-refractivity contribution in [2.24, 2.45) is 0 Å². The van der Waals surface area contributed by atoms with Gasteiger partial charge in [-0.2, -0.15) is 0 Å². The Labute approximate surface area is 204 Å². The van der Waals surface area contributed by atoms with Crippen LogP contribution in [0.1, 0.15) is 22.5 Å². The summed E-state index contributed by atoms with van der Waals surface area (Å²) in [5.41, 5.74) is 3.41. The number of benzene rings is 3. The van der Waals surface area contributed by atoms with Gasteiger partial charge in [-0.3, -0.25) is 0 Å². The highest BCUT2D eigenvalue weighted by Gasteiger charge is 2.35. The van der Waals surface area contributed by atoms with E-state index in [0.29, 0.717) is 0 Å². The molecule has 0 amide bonds. The van der Waals surface area contributed by atoms with Crippen molar-refractivity contribution in [1.82, 2.24) is 9.55 Å². The van der Waals surface area contributed by atoms with E-state index in [1.54, 1.807) is 14.2 Å². The predicted octanol–water partition coefficient (Wildman–Crippen LogP) is 5.09. The molecule has 8 heteroatoms. The molecule has 3 aromatic carbocycles. The second-order valence-electron chi connectivity index (χ2n) is 8.03. The van der Waals surface area contributed by atoms with Crippen LogP contribution in [0.25, 0.3) is 0 Å². The number of ether oxygens (including phenoxy) is 2. The Bertz CT molecular complexity index is 1150. The third-order valence-electron chi connectivity index (χ3n) is 5.91. The van der Waals surface area contributed by atoms with E-state index in [9.17, 15) is 0 Å². The van der Waals surface area contributed by atoms with Crippen molar-refractivity contribution in [3.63, 3.8) is 0 Å². The van der Waals surface area contributed by atoms with Crippen molar-refractivity contribution in [2.45, 2.75) is 25.3 Å². The Morgan fingerprint density at radius 3 is 1.71 bits per heavy atom. The maximum atomic E-state index is 8.36. The first kappa shape index (κ1) is 25.3. The zero-order valence-electron chi connectivity index (χ0n) is 20.0. The Morgan fingerprint density at radius 2 is 1.34 bits per heavy atom. The predicted molar refractivity (Wildman–Crippen MR) is 133 cm³/mol. The van der Waals surface area contributed by atoms with Crippen LogP contribution in [0.3, 0.4) is 0 Å². The van der Waals surface area contributed by atoms with Gasteiger partial charge in [0.15, 0.2) is 0 Å². The number of imidazole rings is 1. The van der Waals surface area contributed by atoms with Crippen LogP contribution in [0.4, 0.5) is 0 Å². The average Bonchev–Trinajstić information content (AvgIpc) is 3.31. The lowest BCUT2D eigenvalue weighted by Gasteiger charge is -2.38. The van der Waals surface area contributed by atoms with Crippen LogP contribution in [0.15, 0.2) is 91.3 Å². The molecule has 4 aromatic rings. The summed E-state index contributed by atoms with van der Waals surface area (Å²) in [6.07, 6.45) is 5.62. The van der Waals surface area contributed by atoms with Crippen molar-refractivity contribution >= 4 is 0 Å². The molecular formula is C27H29N3O5. The second kappa shape index (κ2) is 11.7. The quantitative estimate of drug-likeness (QED) is 0.281. The van der Waals surface area contributed by atoms with Crippen LogP contribution < -0.4 is 9.47 Å². The van der Waals surface area contributed by atoms with Gasteiger partial charge in [0.2, 0.25) is 0 Å². The lowest BCUT2D eigenvalue weighted by atomic mass is 9.78. The minimum absolute atomic E-state index is 0.328. The van der Waals surface area contributed by atoms with Crippen molar-refractivity contribution in [3.8, 4) is 11.5 Å². The molecule has 4 rings (SSSR count). The smallest absolute Gasteiger partial charge is 0.291 e. The Balaban J connectivity index is 0.000000795. The molecule has 0 bridgehead atoms. The summed E-state index contributed by atoms with van der Waals surface area (Å²) in [5.74, 6) is 2.72. The van der Waals surface area contributed by atoms with Gasteiger partial charge < -0.3 is 19.2 Å². The lowest BCUT2D eigenvalue weighted by Crippen LogP contribution is -2.40. The number of hydrogen-bond acceptors (Lipinski definition) is 5. The molecule has 35 heavy (non-hydrogen) atoms. The molecule has 0 aliphatic heterocycles. The number of rotatable bonds is 8. The molecule has 0 unspecified atom stereocenters. The van der Waals surface area contributed by atoms with E-state index in [1.807, 2.05) is 30.5 Å². The van der Waals surface area contributed by atoms with Gasteiger partial charge >= 0.3 is 0 Å². The number of nitrogens with zero attached hydrogens (tertiary/aromatic N) is 3. The molecule has 182 valence electrons. The van der Waals surface area contributed by atoms with Crippen LogP contribution >= 0.6 is 0 Å². The SMILES string of the molecule is COc1ccc(CC(Cc2ccc(OC)cc2)(c2ccccc2)n2ccnc2C)cc1.O=[N+]([O-])O. The first-order valence-electron chi connectivity index (χ1n) is 11.0. The normalized spacial score (nSPS) is 10.7. The van der Waals surface area contributed by atoms with Gasteiger partial charge in [-0.25, -0.2) is 4.98 Å². The molecule has 8 nitrogen and oxygen atoms in total. The van der Waals surface area contributed by atoms with E-state index in [1.165, 1.54) is 16.7 Å². The van der Waals surface area contributed by atoms with Crippen LogP contribution in [-0.2, 0) is 18.4 Å². The monoisotopic (exact) mass is 475 g/mol. The minimum Gasteiger partial charge on any atom is -0.497 e. The van der Waals surface area contributed by atoms with Gasteiger partial charge in [-0.15, -0.1) is 10.1 Å². The summed E-state index contributed by atoms with van der Waals surface area (Å²) < 4.78 is 13.0. The molecule has 0 fully saturated rings. The molecule has 1 aromatic heterocycles. The first-order valence-corrected chi connectivity index (χ1v) is 11.0. The summed E-state index contributed by atoms with van der Waals surface area (Å²) in [6, 6.07) is 27.4. The molecule has 0 atom stereocenters. The second-order valence-corrected chi connectivity index (χ2v) is 8.03. The topological polar surface area (TPSA) is 99.7 Å². The number of aromatic nitrogens is 2. The van der Waals surface area contributed by atoms with E-state index in [4.69, 9.17) is 24.8 Å². The van der Waals surface area contributed by atoms with Crippen LogP contribution in [0.2, 0.25) is 0 Å². The van der Waals surface area contributed by atoms with E-state index in [-0.39, 0.29) is 5.54 Å². The largest absolute Gasteiger partial charge is 0.497 e. The van der Waals surface area contributed by atoms with Crippen molar-refractivity contribution < 1.29 is 19.8 Å². The van der Waals surface area contributed by atoms with Gasteiger partial charge in [-0.1, -0.05) is 54.6 Å². The summed E-state index contributed by atoms with van der Waals surface area (Å²) in [5, 5.41) is 13.6. The van der Waals surface area contributed by atoms with E-state index in [0.717, 1.165) is 30.2 Å². The fraction of sp³-hybridized carbons (Fsp3) is 0.222. The van der Waals surface area contributed by atoms with Crippen molar-refractivity contribution in [1.29, 1.82) is 0 Å². The van der Waals surface area contributed by atoms with E-state index in [2.05, 4.69) is 77.3 Å². The highest BCUT2D eigenvalue weighted by Crippen LogP contribution is 2.36. The summed E-state index contributed by atoms with van der Waals surface area (Å²) in [6.45, 7) is 2.07. The van der Waals surface area contributed by atoms with Crippen LogP contribution in [-0.4, -0.2) is 34.1 Å². The Kier molecular flexibility index (Phi) is 8.45. The zero-order valence-corrected chi connectivity index (χ0v) is 20.0. The zero-order chi connectivity index (χ0) is 25.3. The molecule has 1 N–H and O–H groups in total. The van der Waals surface area contributed by atoms with E-state index < -0.39 is 5.09 Å². The third kappa shape index (κ3) is 6.38. The van der Waals surface area contributed by atoms with Crippen molar-refractivity contribution in [3.05, 3.63) is 124 Å². The van der Waals surface area contributed by atoms with Crippen molar-refractivity contribution in [2.75, 3.05) is 14.2 Å². The maximum absolute atomic E-state index is 8.36. The molecule has 0 radical (unpaired) electrons. The van der Waals surface area contributed by atoms with Crippen LogP contribution in [0, 0.1) is 17.0 Å². The lowest BCUT2D eigenvalue weighted by molar-refractivity contribution is -0.742. The summed E-state index contributed by atoms with van der Waals surface area (Å²) in [7, 11) is 3.39. The minimum atomic E-state index is -1.50. The van der Waals surface area contributed by atoms with Crippen LogP contribution in [0.5, 0.6) is 11.5 Å². The molecule has 0 spiro atoms. The standard InChI is InChI=1S/C27H28N2O2.HNO3/c1-21-28-17-18-29(21)27(24-7-5-4-6-8-24,19-22-9-13-25(30-2)14-10-22)20-23-11-15-26(31-3)16-12-23;2-1(3)4/h4-18H,19-20H2,1-3H3;(H,2,3,4). The molecule has 0 aliphatic carbocycles. The fourth-order valence-corrected chi connectivity index (χ4v) is 4.32. The first-order chi connectivity index (χ1) is 16.9. The maximum Gasteiger partial charge on any atom is 0.291 e. The van der Waals surface area contributed by atoms with Gasteiger partial charge in [-0.05, 0) is 47.9 Å². The molecular weight excluding hydrogens is 446 g/mol. The molecule has 0 saturated carbocycles. The molecule has 0 aliphatic rings. The molecule has 1 heterocycles. The number of hydrogen-bond donors (Lipinski definition) is 1. The summed E-state index contributed by atoms with van der Waals surface area (Å²) in [4.78, 5) is 12.9. The third-order valence-corrected chi connectivity index (χ3v) is 5.91. The fourth-order valence-electron chi connectivity index (χ4n) is 4.32. The number of aryl methyl sites for hydroxylation is 1. The van der Waals surface area contributed by atoms with Gasteiger partial charge in [0.1, 0.15) is 17.3 Å². The highest BCUT2D eigenvalue weighted by molar-refractivity contribution is 5.37. The Hall–Kier alpha value is -4.33. The van der Waals surface area contributed by atoms with E-state index >= 15 is 0 Å². The Morgan fingerprint density at radius 1 is 0.886 bits per heavy atom. The highest BCUT2D eigenvalue weighted by atomic mass is 16.9. The van der Waals surface area contributed by atoms with Gasteiger partial charge in [0.25, 0.3) is 5.09 Å². The average molecular weight is 476 g/mol.